The van der Waals surface area contributed by atoms with Crippen molar-refractivity contribution in [1.82, 2.24) is 15.3 Å². The molecule has 2 heterocycles. The summed E-state index contributed by atoms with van der Waals surface area (Å²) in [6, 6.07) is 8.54. The highest BCUT2D eigenvalue weighted by Gasteiger charge is 2.29. The van der Waals surface area contributed by atoms with Gasteiger partial charge in [-0.25, -0.2) is 18.4 Å². The number of carbonyl (C=O) groups excluding carboxylic acids is 1. The van der Waals surface area contributed by atoms with Gasteiger partial charge in [0.05, 0.1) is 35.5 Å². The SMILES string of the molecule is N#Cc1cccc(Nc2cnc(C(=O)NC3CCS(=O)(=O)C3)cn2)c1. The van der Waals surface area contributed by atoms with Crippen LogP contribution in [0.3, 0.4) is 0 Å². The minimum absolute atomic E-state index is 0.0406. The third-order valence-electron chi connectivity index (χ3n) is 3.72. The van der Waals surface area contributed by atoms with Gasteiger partial charge < -0.3 is 10.6 Å². The maximum Gasteiger partial charge on any atom is 0.271 e. The van der Waals surface area contributed by atoms with Crippen LogP contribution >= 0.6 is 0 Å². The van der Waals surface area contributed by atoms with Crippen molar-refractivity contribution in [2.75, 3.05) is 16.8 Å². The van der Waals surface area contributed by atoms with E-state index < -0.39 is 15.7 Å². The minimum atomic E-state index is -3.05. The Balaban J connectivity index is 1.63. The number of carbonyl (C=O) groups is 1. The number of rotatable bonds is 4. The number of anilines is 2. The maximum atomic E-state index is 12.1. The van der Waals surface area contributed by atoms with E-state index in [2.05, 4.69) is 20.6 Å². The number of aromatic nitrogens is 2. The van der Waals surface area contributed by atoms with Crippen LogP contribution in [0.5, 0.6) is 0 Å². The van der Waals surface area contributed by atoms with Crippen LogP contribution in [0, 0.1) is 11.3 Å². The highest BCUT2D eigenvalue weighted by molar-refractivity contribution is 7.91. The number of nitrogens with one attached hydrogen (secondary N) is 2. The van der Waals surface area contributed by atoms with Gasteiger partial charge in [0, 0.05) is 11.7 Å². The molecule has 0 aliphatic carbocycles. The van der Waals surface area contributed by atoms with Gasteiger partial charge in [-0.3, -0.25) is 4.79 Å². The third-order valence-corrected chi connectivity index (χ3v) is 5.48. The average molecular weight is 357 g/mol. The van der Waals surface area contributed by atoms with Crippen LogP contribution in [0.4, 0.5) is 11.5 Å². The smallest absolute Gasteiger partial charge is 0.271 e. The molecule has 8 nitrogen and oxygen atoms in total. The number of hydrogen-bond acceptors (Lipinski definition) is 7. The number of sulfone groups is 1. The normalized spacial score (nSPS) is 18.3. The number of benzene rings is 1. The Labute approximate surface area is 144 Å². The van der Waals surface area contributed by atoms with Gasteiger partial charge in [0.25, 0.3) is 5.91 Å². The summed E-state index contributed by atoms with van der Waals surface area (Å²) < 4.78 is 22.8. The topological polar surface area (TPSA) is 125 Å². The second-order valence-electron chi connectivity index (χ2n) is 5.68. The van der Waals surface area contributed by atoms with E-state index in [1.807, 2.05) is 6.07 Å². The molecule has 0 radical (unpaired) electrons. The molecule has 2 N–H and O–H groups in total. The van der Waals surface area contributed by atoms with E-state index in [4.69, 9.17) is 5.26 Å². The van der Waals surface area contributed by atoms with Crippen LogP contribution < -0.4 is 10.6 Å². The average Bonchev–Trinajstić information content (AvgIpc) is 2.94. The maximum absolute atomic E-state index is 12.1. The van der Waals surface area contributed by atoms with Gasteiger partial charge >= 0.3 is 0 Å². The Morgan fingerprint density at radius 3 is 2.76 bits per heavy atom. The van der Waals surface area contributed by atoms with Crippen LogP contribution in [-0.2, 0) is 9.84 Å². The molecule has 1 saturated heterocycles. The zero-order valence-corrected chi connectivity index (χ0v) is 14.0. The van der Waals surface area contributed by atoms with Crippen LogP contribution in [0.25, 0.3) is 0 Å². The van der Waals surface area contributed by atoms with Gasteiger partial charge in [0.1, 0.15) is 11.5 Å². The van der Waals surface area contributed by atoms with E-state index in [0.29, 0.717) is 23.5 Å². The summed E-state index contributed by atoms with van der Waals surface area (Å²) in [4.78, 5) is 20.3. The summed E-state index contributed by atoms with van der Waals surface area (Å²) in [7, 11) is -3.05. The summed E-state index contributed by atoms with van der Waals surface area (Å²) in [6.45, 7) is 0. The lowest BCUT2D eigenvalue weighted by Gasteiger charge is -2.10. The molecular weight excluding hydrogens is 342 g/mol. The van der Waals surface area contributed by atoms with E-state index in [0.717, 1.165) is 0 Å². The monoisotopic (exact) mass is 357 g/mol. The van der Waals surface area contributed by atoms with Crippen molar-refractivity contribution in [3.8, 4) is 6.07 Å². The molecule has 128 valence electrons. The Morgan fingerprint density at radius 1 is 1.28 bits per heavy atom. The molecule has 0 saturated carbocycles. The van der Waals surface area contributed by atoms with Crippen molar-refractivity contribution in [2.24, 2.45) is 0 Å². The van der Waals surface area contributed by atoms with E-state index in [1.165, 1.54) is 12.4 Å². The van der Waals surface area contributed by atoms with Gasteiger partial charge in [-0.15, -0.1) is 0 Å². The third kappa shape index (κ3) is 4.30. The van der Waals surface area contributed by atoms with Crippen LogP contribution in [0.2, 0.25) is 0 Å². The summed E-state index contributed by atoms with van der Waals surface area (Å²) in [5.41, 5.74) is 1.31. The fourth-order valence-electron chi connectivity index (χ4n) is 2.49. The summed E-state index contributed by atoms with van der Waals surface area (Å²) in [6.07, 6.45) is 3.13. The van der Waals surface area contributed by atoms with Gasteiger partial charge in [0.15, 0.2) is 9.84 Å². The lowest BCUT2D eigenvalue weighted by Crippen LogP contribution is -2.36. The first-order valence-electron chi connectivity index (χ1n) is 7.56. The van der Waals surface area contributed by atoms with E-state index in [9.17, 15) is 13.2 Å². The van der Waals surface area contributed by atoms with Crippen molar-refractivity contribution >= 4 is 27.2 Å². The molecule has 0 bridgehead atoms. The Bertz CT molecular complexity index is 935. The van der Waals surface area contributed by atoms with Crippen molar-refractivity contribution in [1.29, 1.82) is 5.26 Å². The fourth-order valence-corrected chi connectivity index (χ4v) is 4.17. The Hall–Kier alpha value is -2.99. The van der Waals surface area contributed by atoms with Gasteiger partial charge in [-0.2, -0.15) is 5.26 Å². The molecule has 1 fully saturated rings. The highest BCUT2D eigenvalue weighted by Crippen LogP contribution is 2.15. The van der Waals surface area contributed by atoms with Gasteiger partial charge in [0.2, 0.25) is 0 Å². The van der Waals surface area contributed by atoms with Crippen LogP contribution in [0.15, 0.2) is 36.7 Å². The summed E-state index contributed by atoms with van der Waals surface area (Å²) in [5.74, 6) is 0.0256. The molecule has 0 spiro atoms. The van der Waals surface area contributed by atoms with Crippen LogP contribution in [0.1, 0.15) is 22.5 Å². The quantitative estimate of drug-likeness (QED) is 0.836. The van der Waals surface area contributed by atoms with E-state index >= 15 is 0 Å². The second kappa shape index (κ2) is 6.86. The zero-order chi connectivity index (χ0) is 17.9. The van der Waals surface area contributed by atoms with Crippen molar-refractivity contribution in [3.05, 3.63) is 47.9 Å². The molecular formula is C16H15N5O3S. The highest BCUT2D eigenvalue weighted by atomic mass is 32.2. The molecule has 1 aliphatic heterocycles. The molecule has 25 heavy (non-hydrogen) atoms. The molecule has 3 rings (SSSR count). The number of nitriles is 1. The fraction of sp³-hybridized carbons (Fsp3) is 0.250. The van der Waals surface area contributed by atoms with Crippen molar-refractivity contribution < 1.29 is 13.2 Å². The molecule has 1 aliphatic rings. The first-order chi connectivity index (χ1) is 11.9. The predicted molar refractivity (Wildman–Crippen MR) is 91.0 cm³/mol. The van der Waals surface area contributed by atoms with E-state index in [1.54, 1.807) is 24.3 Å². The Morgan fingerprint density at radius 2 is 2.12 bits per heavy atom. The lowest BCUT2D eigenvalue weighted by molar-refractivity contribution is 0.0935. The summed E-state index contributed by atoms with van der Waals surface area (Å²) >= 11 is 0. The van der Waals surface area contributed by atoms with Gasteiger partial charge in [-0.1, -0.05) is 6.07 Å². The predicted octanol–water partition coefficient (Wildman–Crippen LogP) is 1.01. The molecule has 2 aromatic rings. The zero-order valence-electron chi connectivity index (χ0n) is 13.1. The first kappa shape index (κ1) is 16.9. The molecule has 1 amide bonds. The number of hydrogen-bond donors (Lipinski definition) is 2. The molecule has 1 atom stereocenters. The standard InChI is InChI=1S/C16H15N5O3S/c17-7-11-2-1-3-12(6-11)20-15-9-18-14(8-19-15)16(22)21-13-4-5-25(23,24)10-13/h1-3,6,8-9,13H,4-5,10H2,(H,19,20)(H,21,22). The number of amides is 1. The Kier molecular flexibility index (Phi) is 4.63. The lowest BCUT2D eigenvalue weighted by atomic mass is 10.2. The second-order valence-corrected chi connectivity index (χ2v) is 7.91. The molecule has 9 heteroatoms. The van der Waals surface area contributed by atoms with Crippen molar-refractivity contribution in [3.63, 3.8) is 0 Å². The first-order valence-corrected chi connectivity index (χ1v) is 9.38. The summed E-state index contributed by atoms with van der Waals surface area (Å²) in [5, 5.41) is 14.5. The molecule has 1 aromatic carbocycles. The largest absolute Gasteiger partial charge is 0.347 e. The minimum Gasteiger partial charge on any atom is -0.347 e. The molecule has 1 unspecified atom stereocenters. The van der Waals surface area contributed by atoms with Crippen molar-refractivity contribution in [2.45, 2.75) is 12.5 Å². The van der Waals surface area contributed by atoms with E-state index in [-0.39, 0.29) is 23.2 Å². The van der Waals surface area contributed by atoms with Crippen LogP contribution in [-0.4, -0.2) is 41.8 Å². The number of nitrogens with zero attached hydrogens (tertiary/aromatic N) is 3. The molecule has 1 aromatic heterocycles. The van der Waals surface area contributed by atoms with Gasteiger partial charge in [-0.05, 0) is 24.6 Å².